The Morgan fingerprint density at radius 1 is 1.06 bits per heavy atom. The molecule has 1 nitrogen and oxygen atoms in total. The van der Waals surface area contributed by atoms with Gasteiger partial charge in [-0.1, -0.05) is 19.3 Å². The van der Waals surface area contributed by atoms with Gasteiger partial charge in [-0.15, -0.1) is 0 Å². The van der Waals surface area contributed by atoms with Crippen LogP contribution in [0.2, 0.25) is 0 Å². The van der Waals surface area contributed by atoms with Crippen LogP contribution in [0.25, 0.3) is 0 Å². The smallest absolute Gasteiger partial charge is 0.388 e. The lowest BCUT2D eigenvalue weighted by molar-refractivity contribution is -0.137. The molecule has 1 saturated carbocycles. The molecule has 0 aliphatic heterocycles. The average molecular weight is 257 g/mol. The van der Waals surface area contributed by atoms with Crippen LogP contribution in [-0.2, 0) is 6.18 Å². The van der Waals surface area contributed by atoms with Crippen molar-refractivity contribution in [3.05, 3.63) is 29.3 Å². The lowest BCUT2D eigenvalue weighted by Gasteiger charge is -2.23. The highest BCUT2D eigenvalue weighted by Gasteiger charge is 2.32. The zero-order valence-electron chi connectivity index (χ0n) is 10.5. The van der Waals surface area contributed by atoms with E-state index in [1.165, 1.54) is 18.6 Å². The monoisotopic (exact) mass is 257 g/mol. The number of nitrogens with one attached hydrogen (secondary N) is 1. The van der Waals surface area contributed by atoms with Crippen LogP contribution >= 0.6 is 0 Å². The van der Waals surface area contributed by atoms with Gasteiger partial charge in [0.15, 0.2) is 0 Å². The highest BCUT2D eigenvalue weighted by molar-refractivity contribution is 5.50. The van der Waals surface area contributed by atoms with Crippen LogP contribution in [0.4, 0.5) is 18.9 Å². The maximum Gasteiger partial charge on any atom is 0.416 e. The molecule has 1 aliphatic carbocycles. The number of benzene rings is 1. The van der Waals surface area contributed by atoms with Crippen molar-refractivity contribution in [3.8, 4) is 0 Å². The molecule has 1 fully saturated rings. The number of hydrogen-bond acceptors (Lipinski definition) is 1. The summed E-state index contributed by atoms with van der Waals surface area (Å²) in [4.78, 5) is 0. The maximum absolute atomic E-state index is 12.8. The Morgan fingerprint density at radius 3 is 2.28 bits per heavy atom. The second-order valence-electron chi connectivity index (χ2n) is 4.93. The van der Waals surface area contributed by atoms with Crippen molar-refractivity contribution in [2.45, 2.75) is 44.2 Å². The van der Waals surface area contributed by atoms with Crippen LogP contribution in [0.3, 0.4) is 0 Å². The van der Waals surface area contributed by atoms with Crippen LogP contribution in [0.1, 0.15) is 49.1 Å². The van der Waals surface area contributed by atoms with Crippen LogP contribution in [0, 0.1) is 0 Å². The van der Waals surface area contributed by atoms with Gasteiger partial charge in [-0.2, -0.15) is 13.2 Å². The molecule has 1 aromatic rings. The molecule has 0 saturated heterocycles. The highest BCUT2D eigenvalue weighted by Crippen LogP contribution is 2.38. The van der Waals surface area contributed by atoms with E-state index in [-0.39, 0.29) is 5.92 Å². The van der Waals surface area contributed by atoms with Gasteiger partial charge in [0.1, 0.15) is 0 Å². The minimum Gasteiger partial charge on any atom is -0.388 e. The fourth-order valence-electron chi connectivity index (χ4n) is 2.63. The highest BCUT2D eigenvalue weighted by atomic mass is 19.4. The lowest BCUT2D eigenvalue weighted by Crippen LogP contribution is -2.10. The summed E-state index contributed by atoms with van der Waals surface area (Å²) in [5, 5.41) is 2.82. The van der Waals surface area contributed by atoms with Gasteiger partial charge < -0.3 is 5.32 Å². The van der Waals surface area contributed by atoms with E-state index in [2.05, 4.69) is 5.32 Å². The largest absolute Gasteiger partial charge is 0.416 e. The molecule has 0 heterocycles. The Bertz CT molecular complexity index is 406. The second-order valence-corrected chi connectivity index (χ2v) is 4.93. The van der Waals surface area contributed by atoms with Crippen molar-refractivity contribution >= 4 is 5.69 Å². The molecular weight excluding hydrogens is 239 g/mol. The summed E-state index contributed by atoms with van der Waals surface area (Å²) >= 11 is 0. The van der Waals surface area contributed by atoms with Gasteiger partial charge in [0, 0.05) is 12.7 Å². The molecule has 4 heteroatoms. The maximum atomic E-state index is 12.8. The van der Waals surface area contributed by atoms with E-state index in [1.807, 2.05) is 6.07 Å². The molecule has 0 atom stereocenters. The summed E-state index contributed by atoms with van der Waals surface area (Å²) in [6.45, 7) is 0. The minimum absolute atomic E-state index is 0.285. The first-order chi connectivity index (χ1) is 8.50. The van der Waals surface area contributed by atoms with Gasteiger partial charge >= 0.3 is 6.18 Å². The first-order valence-electron chi connectivity index (χ1n) is 6.40. The average Bonchev–Trinajstić information content (AvgIpc) is 2.38. The molecule has 0 radical (unpaired) electrons. The van der Waals surface area contributed by atoms with E-state index < -0.39 is 11.7 Å². The SMILES string of the molecule is CNc1cc(C2CCCCC2)cc(C(F)(F)F)c1. The Kier molecular flexibility index (Phi) is 3.83. The summed E-state index contributed by atoms with van der Waals surface area (Å²) in [6.07, 6.45) is 1.19. The molecule has 0 unspecified atom stereocenters. The third-order valence-corrected chi connectivity index (χ3v) is 3.65. The van der Waals surface area contributed by atoms with Crippen molar-refractivity contribution in [1.29, 1.82) is 0 Å². The van der Waals surface area contributed by atoms with E-state index in [0.717, 1.165) is 31.2 Å². The van der Waals surface area contributed by atoms with Crippen molar-refractivity contribution in [2.75, 3.05) is 12.4 Å². The van der Waals surface area contributed by atoms with E-state index in [9.17, 15) is 13.2 Å². The van der Waals surface area contributed by atoms with Crippen LogP contribution in [0.15, 0.2) is 18.2 Å². The molecule has 0 spiro atoms. The first-order valence-corrected chi connectivity index (χ1v) is 6.40. The quantitative estimate of drug-likeness (QED) is 0.802. The third kappa shape index (κ3) is 2.98. The molecule has 18 heavy (non-hydrogen) atoms. The zero-order chi connectivity index (χ0) is 13.2. The predicted octanol–water partition coefficient (Wildman–Crippen LogP) is 4.79. The van der Waals surface area contributed by atoms with Gasteiger partial charge in [0.05, 0.1) is 5.56 Å². The lowest BCUT2D eigenvalue weighted by atomic mass is 9.83. The van der Waals surface area contributed by atoms with Crippen LogP contribution in [0.5, 0.6) is 0 Å². The Labute approximate surface area is 105 Å². The fourth-order valence-corrected chi connectivity index (χ4v) is 2.63. The molecule has 1 aromatic carbocycles. The van der Waals surface area contributed by atoms with E-state index in [4.69, 9.17) is 0 Å². The second kappa shape index (κ2) is 5.21. The standard InChI is InChI=1S/C14H18F3N/c1-18-13-8-11(10-5-3-2-4-6-10)7-12(9-13)14(15,16)17/h7-10,18H,2-6H2,1H3. The van der Waals surface area contributed by atoms with E-state index in [0.29, 0.717) is 5.69 Å². The van der Waals surface area contributed by atoms with Crippen LogP contribution < -0.4 is 5.32 Å². The van der Waals surface area contributed by atoms with Gasteiger partial charge in [0.2, 0.25) is 0 Å². The summed E-state index contributed by atoms with van der Waals surface area (Å²) < 4.78 is 38.5. The van der Waals surface area contributed by atoms with Gasteiger partial charge in [-0.25, -0.2) is 0 Å². The molecule has 0 amide bonds. The third-order valence-electron chi connectivity index (χ3n) is 3.65. The Hall–Kier alpha value is -1.19. The molecule has 0 bridgehead atoms. The molecule has 1 N–H and O–H groups in total. The fraction of sp³-hybridized carbons (Fsp3) is 0.571. The van der Waals surface area contributed by atoms with E-state index in [1.54, 1.807) is 7.05 Å². The van der Waals surface area contributed by atoms with E-state index >= 15 is 0 Å². The van der Waals surface area contributed by atoms with Gasteiger partial charge in [-0.05, 0) is 42.5 Å². The zero-order valence-corrected chi connectivity index (χ0v) is 10.5. The predicted molar refractivity (Wildman–Crippen MR) is 66.8 cm³/mol. The normalized spacial score (nSPS) is 17.8. The number of hydrogen-bond donors (Lipinski definition) is 1. The van der Waals surface area contributed by atoms with Crippen molar-refractivity contribution in [1.82, 2.24) is 0 Å². The topological polar surface area (TPSA) is 12.0 Å². The number of rotatable bonds is 2. The first kappa shape index (κ1) is 13.2. The minimum atomic E-state index is -4.27. The summed E-state index contributed by atoms with van der Waals surface area (Å²) in [7, 11) is 1.65. The summed E-state index contributed by atoms with van der Waals surface area (Å²) in [6, 6.07) is 4.34. The number of alkyl halides is 3. The molecule has 100 valence electrons. The van der Waals surface area contributed by atoms with Crippen LogP contribution in [-0.4, -0.2) is 7.05 Å². The van der Waals surface area contributed by atoms with Crippen molar-refractivity contribution in [2.24, 2.45) is 0 Å². The molecular formula is C14H18F3N. The summed E-state index contributed by atoms with van der Waals surface area (Å²) in [5.74, 6) is 0.285. The summed E-state index contributed by atoms with van der Waals surface area (Å²) in [5.41, 5.74) is 0.828. The van der Waals surface area contributed by atoms with Gasteiger partial charge in [-0.3, -0.25) is 0 Å². The van der Waals surface area contributed by atoms with Gasteiger partial charge in [0.25, 0.3) is 0 Å². The Balaban J connectivity index is 2.34. The molecule has 2 rings (SSSR count). The molecule has 0 aromatic heterocycles. The number of anilines is 1. The molecule has 1 aliphatic rings. The van der Waals surface area contributed by atoms with Crippen molar-refractivity contribution < 1.29 is 13.2 Å². The number of halogens is 3. The Morgan fingerprint density at radius 2 is 1.72 bits per heavy atom. The van der Waals surface area contributed by atoms with Crippen molar-refractivity contribution in [3.63, 3.8) is 0 Å².